The average Bonchev–Trinajstić information content (AvgIpc) is 2.46. The first kappa shape index (κ1) is 9.31. The third-order valence-corrected chi connectivity index (χ3v) is 2.97. The van der Waals surface area contributed by atoms with Crippen molar-refractivity contribution in [3.63, 3.8) is 0 Å². The molecule has 3 heteroatoms. The highest BCUT2D eigenvalue weighted by Gasteiger charge is 2.27. The molecule has 0 spiro atoms. The summed E-state index contributed by atoms with van der Waals surface area (Å²) in [4.78, 5) is 6.72. The quantitative estimate of drug-likeness (QED) is 0.738. The van der Waals surface area contributed by atoms with Crippen molar-refractivity contribution in [3.05, 3.63) is 18.2 Å². The number of nitrogen functional groups attached to an aromatic ring is 1. The predicted octanol–water partition coefficient (Wildman–Crippen LogP) is 2.04. The molecular weight excluding hydrogens is 174 g/mol. The number of pyridine rings is 1. The van der Waals surface area contributed by atoms with E-state index in [1.807, 2.05) is 18.2 Å². The number of anilines is 2. The largest absolute Gasteiger partial charge is 0.384 e. The van der Waals surface area contributed by atoms with E-state index in [-0.39, 0.29) is 0 Å². The summed E-state index contributed by atoms with van der Waals surface area (Å²) in [6.45, 7) is 4.49. The summed E-state index contributed by atoms with van der Waals surface area (Å²) in [6.07, 6.45) is 2.50. The van der Waals surface area contributed by atoms with Gasteiger partial charge in [-0.25, -0.2) is 4.98 Å². The van der Waals surface area contributed by atoms with Gasteiger partial charge in [-0.3, -0.25) is 0 Å². The third-order valence-electron chi connectivity index (χ3n) is 2.97. The van der Waals surface area contributed by atoms with Crippen LogP contribution in [0.25, 0.3) is 0 Å². The van der Waals surface area contributed by atoms with E-state index in [4.69, 9.17) is 5.73 Å². The van der Waals surface area contributed by atoms with E-state index in [0.717, 1.165) is 5.82 Å². The molecule has 2 rings (SSSR count). The van der Waals surface area contributed by atoms with Crippen molar-refractivity contribution in [1.29, 1.82) is 0 Å². The minimum Gasteiger partial charge on any atom is -0.384 e. The second kappa shape index (κ2) is 3.48. The molecule has 3 nitrogen and oxygen atoms in total. The Labute approximate surface area is 84.9 Å². The zero-order valence-corrected chi connectivity index (χ0v) is 8.77. The fraction of sp³-hybridized carbons (Fsp3) is 0.545. The highest BCUT2D eigenvalue weighted by Crippen LogP contribution is 2.28. The van der Waals surface area contributed by atoms with Gasteiger partial charge in [-0.05, 0) is 38.8 Å². The van der Waals surface area contributed by atoms with Gasteiger partial charge in [0.05, 0.1) is 0 Å². The Bertz CT molecular complexity index is 314. The highest BCUT2D eigenvalue weighted by atomic mass is 15.3. The highest BCUT2D eigenvalue weighted by molar-refractivity contribution is 5.47. The van der Waals surface area contributed by atoms with E-state index in [2.05, 4.69) is 23.7 Å². The van der Waals surface area contributed by atoms with Crippen LogP contribution in [0, 0.1) is 0 Å². The second-order valence-electron chi connectivity index (χ2n) is 4.10. The average molecular weight is 191 g/mol. The Morgan fingerprint density at radius 3 is 2.50 bits per heavy atom. The Morgan fingerprint density at radius 1 is 1.29 bits per heavy atom. The maximum Gasteiger partial charge on any atom is 0.131 e. The molecule has 1 saturated heterocycles. The molecule has 76 valence electrons. The normalized spacial score (nSPS) is 26.9. The first-order chi connectivity index (χ1) is 6.68. The molecule has 2 heterocycles. The van der Waals surface area contributed by atoms with E-state index in [9.17, 15) is 0 Å². The van der Waals surface area contributed by atoms with Crippen LogP contribution < -0.4 is 10.6 Å². The number of hydrogen-bond donors (Lipinski definition) is 1. The van der Waals surface area contributed by atoms with Crippen LogP contribution in [0.3, 0.4) is 0 Å². The fourth-order valence-electron chi connectivity index (χ4n) is 2.23. The van der Waals surface area contributed by atoms with E-state index in [1.165, 1.54) is 12.8 Å². The minimum atomic E-state index is 0.583. The molecule has 0 bridgehead atoms. The van der Waals surface area contributed by atoms with Crippen molar-refractivity contribution in [3.8, 4) is 0 Å². The summed E-state index contributed by atoms with van der Waals surface area (Å²) < 4.78 is 0. The molecule has 1 aromatic rings. The number of rotatable bonds is 1. The van der Waals surface area contributed by atoms with Crippen molar-refractivity contribution in [2.75, 3.05) is 10.6 Å². The van der Waals surface area contributed by atoms with Crippen molar-refractivity contribution >= 4 is 11.6 Å². The minimum absolute atomic E-state index is 0.583. The third kappa shape index (κ3) is 1.54. The van der Waals surface area contributed by atoms with Crippen LogP contribution in [0.2, 0.25) is 0 Å². The molecule has 0 aromatic carbocycles. The number of nitrogens with zero attached hydrogens (tertiary/aromatic N) is 2. The number of hydrogen-bond acceptors (Lipinski definition) is 3. The molecule has 0 unspecified atom stereocenters. The summed E-state index contributed by atoms with van der Waals surface area (Å²) in [5, 5.41) is 0. The summed E-state index contributed by atoms with van der Waals surface area (Å²) in [7, 11) is 0. The smallest absolute Gasteiger partial charge is 0.131 e. The second-order valence-corrected chi connectivity index (χ2v) is 4.10. The Kier molecular flexibility index (Phi) is 2.32. The first-order valence-corrected chi connectivity index (χ1v) is 5.19. The van der Waals surface area contributed by atoms with E-state index in [0.29, 0.717) is 17.9 Å². The van der Waals surface area contributed by atoms with Gasteiger partial charge in [0.15, 0.2) is 0 Å². The first-order valence-electron chi connectivity index (χ1n) is 5.19. The van der Waals surface area contributed by atoms with Gasteiger partial charge < -0.3 is 10.6 Å². The van der Waals surface area contributed by atoms with Gasteiger partial charge >= 0.3 is 0 Å². The van der Waals surface area contributed by atoms with Crippen LogP contribution in [0.4, 0.5) is 11.6 Å². The molecule has 14 heavy (non-hydrogen) atoms. The van der Waals surface area contributed by atoms with Crippen LogP contribution in [-0.2, 0) is 0 Å². The molecule has 0 amide bonds. The van der Waals surface area contributed by atoms with Gasteiger partial charge in [0, 0.05) is 12.1 Å². The van der Waals surface area contributed by atoms with Gasteiger partial charge in [0.25, 0.3) is 0 Å². The molecule has 0 saturated carbocycles. The Hall–Kier alpha value is -1.25. The summed E-state index contributed by atoms with van der Waals surface area (Å²) in [6, 6.07) is 7.00. The fourth-order valence-corrected chi connectivity index (χ4v) is 2.23. The Morgan fingerprint density at radius 2 is 1.93 bits per heavy atom. The van der Waals surface area contributed by atoms with Gasteiger partial charge in [-0.1, -0.05) is 6.07 Å². The van der Waals surface area contributed by atoms with Gasteiger partial charge in [0.2, 0.25) is 0 Å². The zero-order valence-electron chi connectivity index (χ0n) is 8.77. The molecule has 1 aliphatic heterocycles. The van der Waals surface area contributed by atoms with Crippen LogP contribution in [-0.4, -0.2) is 17.1 Å². The van der Waals surface area contributed by atoms with Crippen LogP contribution in [0.5, 0.6) is 0 Å². The molecule has 1 aromatic heterocycles. The monoisotopic (exact) mass is 191 g/mol. The number of aromatic nitrogens is 1. The SMILES string of the molecule is C[C@@H]1CC[C@@H](C)N1c1cccc(N)n1. The van der Waals surface area contributed by atoms with Crippen molar-refractivity contribution in [2.45, 2.75) is 38.8 Å². The molecule has 0 radical (unpaired) electrons. The molecule has 2 atom stereocenters. The topological polar surface area (TPSA) is 42.1 Å². The summed E-state index contributed by atoms with van der Waals surface area (Å²) in [5.41, 5.74) is 5.68. The molecule has 0 aliphatic carbocycles. The molecule has 2 N–H and O–H groups in total. The lowest BCUT2D eigenvalue weighted by Crippen LogP contribution is -2.33. The van der Waals surface area contributed by atoms with E-state index < -0.39 is 0 Å². The van der Waals surface area contributed by atoms with Crippen molar-refractivity contribution in [1.82, 2.24) is 4.98 Å². The van der Waals surface area contributed by atoms with Gasteiger partial charge in [0.1, 0.15) is 11.6 Å². The summed E-state index contributed by atoms with van der Waals surface area (Å²) in [5.74, 6) is 1.62. The van der Waals surface area contributed by atoms with Gasteiger partial charge in [-0.15, -0.1) is 0 Å². The van der Waals surface area contributed by atoms with Gasteiger partial charge in [-0.2, -0.15) is 0 Å². The van der Waals surface area contributed by atoms with Crippen molar-refractivity contribution in [2.24, 2.45) is 0 Å². The molecular formula is C11H17N3. The lowest BCUT2D eigenvalue weighted by molar-refractivity contribution is 0.684. The predicted molar refractivity (Wildman–Crippen MR) is 59.3 cm³/mol. The Balaban J connectivity index is 2.29. The molecule has 1 aliphatic rings. The molecule has 1 fully saturated rings. The number of nitrogens with two attached hydrogens (primary N) is 1. The standard InChI is InChI=1S/C11H17N3/c1-8-6-7-9(2)14(8)11-5-3-4-10(12)13-11/h3-5,8-9H,6-7H2,1-2H3,(H2,12,13)/t8-,9-/m1/s1. The lowest BCUT2D eigenvalue weighted by atomic mass is 10.2. The van der Waals surface area contributed by atoms with E-state index >= 15 is 0 Å². The lowest BCUT2D eigenvalue weighted by Gasteiger charge is -2.27. The van der Waals surface area contributed by atoms with Crippen LogP contribution >= 0.6 is 0 Å². The van der Waals surface area contributed by atoms with Crippen LogP contribution in [0.15, 0.2) is 18.2 Å². The maximum atomic E-state index is 5.68. The van der Waals surface area contributed by atoms with Crippen LogP contribution in [0.1, 0.15) is 26.7 Å². The van der Waals surface area contributed by atoms with E-state index in [1.54, 1.807) is 0 Å². The maximum absolute atomic E-state index is 5.68. The summed E-state index contributed by atoms with van der Waals surface area (Å²) >= 11 is 0. The zero-order chi connectivity index (χ0) is 10.1. The van der Waals surface area contributed by atoms with Crippen molar-refractivity contribution < 1.29 is 0 Å².